The minimum Gasteiger partial charge on any atom is -0.326 e. The molecule has 114 valence electrons. The molecule has 0 radical (unpaired) electrons. The van der Waals surface area contributed by atoms with Crippen LogP contribution in [0.4, 0.5) is 14.5 Å². The van der Waals surface area contributed by atoms with Gasteiger partial charge in [0.1, 0.15) is 10.7 Å². The Morgan fingerprint density at radius 2 is 2.10 bits per heavy atom. The first-order chi connectivity index (χ1) is 9.89. The second kappa shape index (κ2) is 5.78. The predicted octanol–water partition coefficient (Wildman–Crippen LogP) is 1.44. The van der Waals surface area contributed by atoms with Gasteiger partial charge < -0.3 is 5.73 Å². The molecule has 1 heterocycles. The summed E-state index contributed by atoms with van der Waals surface area (Å²) in [6, 6.07) is 1.73. The number of sulfonamides is 1. The Kier molecular flexibility index (Phi) is 4.24. The predicted molar refractivity (Wildman–Crippen MR) is 73.0 cm³/mol. The molecule has 0 amide bonds. The summed E-state index contributed by atoms with van der Waals surface area (Å²) in [6.45, 7) is 1.96. The summed E-state index contributed by atoms with van der Waals surface area (Å²) in [5.74, 6) is -2.07. The number of hydrogen-bond acceptors (Lipinski definition) is 4. The molecule has 0 fully saturated rings. The highest BCUT2D eigenvalue weighted by Crippen LogP contribution is 2.23. The van der Waals surface area contributed by atoms with Crippen molar-refractivity contribution in [2.24, 2.45) is 5.73 Å². The molecular weight excluding hydrogens is 302 g/mol. The van der Waals surface area contributed by atoms with Crippen LogP contribution in [0.15, 0.2) is 29.4 Å². The highest BCUT2D eigenvalue weighted by Gasteiger charge is 2.23. The zero-order chi connectivity index (χ0) is 15.6. The summed E-state index contributed by atoms with van der Waals surface area (Å²) in [6.07, 6.45) is 2.76. The maximum absolute atomic E-state index is 14.0. The first-order valence-electron chi connectivity index (χ1n) is 6.11. The Hall–Kier alpha value is -2.00. The van der Waals surface area contributed by atoms with E-state index in [1.54, 1.807) is 0 Å². The van der Waals surface area contributed by atoms with Crippen LogP contribution in [0.1, 0.15) is 12.5 Å². The van der Waals surface area contributed by atoms with Crippen molar-refractivity contribution < 1.29 is 17.2 Å². The van der Waals surface area contributed by atoms with Crippen LogP contribution in [-0.4, -0.2) is 18.2 Å². The van der Waals surface area contributed by atoms with Crippen LogP contribution >= 0.6 is 0 Å². The zero-order valence-electron chi connectivity index (χ0n) is 11.2. The zero-order valence-corrected chi connectivity index (χ0v) is 12.0. The average Bonchev–Trinajstić information content (AvgIpc) is 2.85. The standard InChI is InChI=1S/C12H14F2N4O2S/c1-2-18-7-8(6-16-18)17-21(19,20)11-4-3-10(13)9(5-15)12(11)14/h3-4,6-7,17H,2,5,15H2,1H3. The van der Waals surface area contributed by atoms with E-state index >= 15 is 0 Å². The molecule has 0 saturated carbocycles. The van der Waals surface area contributed by atoms with Crippen LogP contribution in [0.3, 0.4) is 0 Å². The molecule has 0 aliphatic rings. The van der Waals surface area contributed by atoms with Crippen LogP contribution < -0.4 is 10.5 Å². The van der Waals surface area contributed by atoms with Gasteiger partial charge in [-0.25, -0.2) is 17.2 Å². The third-order valence-electron chi connectivity index (χ3n) is 2.85. The summed E-state index contributed by atoms with van der Waals surface area (Å²) in [7, 11) is -4.19. The van der Waals surface area contributed by atoms with E-state index in [1.807, 2.05) is 6.92 Å². The van der Waals surface area contributed by atoms with Crippen molar-refractivity contribution >= 4 is 15.7 Å². The number of aryl methyl sites for hydroxylation is 1. The van der Waals surface area contributed by atoms with E-state index in [-0.39, 0.29) is 5.69 Å². The molecule has 0 saturated heterocycles. The molecule has 0 aliphatic carbocycles. The van der Waals surface area contributed by atoms with E-state index in [0.29, 0.717) is 6.54 Å². The fraction of sp³-hybridized carbons (Fsp3) is 0.250. The van der Waals surface area contributed by atoms with Gasteiger partial charge in [0.15, 0.2) is 5.82 Å². The minimum atomic E-state index is -4.19. The highest BCUT2D eigenvalue weighted by molar-refractivity contribution is 7.92. The van der Waals surface area contributed by atoms with Gasteiger partial charge in [-0.15, -0.1) is 0 Å². The van der Waals surface area contributed by atoms with E-state index < -0.39 is 38.7 Å². The summed E-state index contributed by atoms with van der Waals surface area (Å²) in [4.78, 5) is -0.659. The summed E-state index contributed by atoms with van der Waals surface area (Å²) >= 11 is 0. The molecule has 0 unspecified atom stereocenters. The Morgan fingerprint density at radius 3 is 2.67 bits per heavy atom. The molecule has 2 rings (SSSR count). The smallest absolute Gasteiger partial charge is 0.264 e. The van der Waals surface area contributed by atoms with E-state index in [4.69, 9.17) is 5.73 Å². The van der Waals surface area contributed by atoms with Crippen molar-refractivity contribution in [3.8, 4) is 0 Å². The average molecular weight is 316 g/mol. The van der Waals surface area contributed by atoms with E-state index in [1.165, 1.54) is 17.1 Å². The molecule has 21 heavy (non-hydrogen) atoms. The lowest BCUT2D eigenvalue weighted by atomic mass is 10.2. The molecule has 6 nitrogen and oxygen atoms in total. The molecule has 9 heteroatoms. The van der Waals surface area contributed by atoms with Crippen molar-refractivity contribution in [3.63, 3.8) is 0 Å². The largest absolute Gasteiger partial charge is 0.326 e. The summed E-state index contributed by atoms with van der Waals surface area (Å²) < 4.78 is 55.4. The Labute approximate surface area is 120 Å². The number of hydrogen-bond donors (Lipinski definition) is 2. The first-order valence-corrected chi connectivity index (χ1v) is 7.59. The number of halogens is 2. The fourth-order valence-corrected chi connectivity index (χ4v) is 2.90. The first kappa shape index (κ1) is 15.4. The van der Waals surface area contributed by atoms with E-state index in [9.17, 15) is 17.2 Å². The van der Waals surface area contributed by atoms with Crippen molar-refractivity contribution in [2.75, 3.05) is 4.72 Å². The van der Waals surface area contributed by atoms with Gasteiger partial charge in [0.25, 0.3) is 10.0 Å². The second-order valence-electron chi connectivity index (χ2n) is 4.23. The molecule has 0 aliphatic heterocycles. The Balaban J connectivity index is 2.40. The quantitative estimate of drug-likeness (QED) is 0.873. The van der Waals surface area contributed by atoms with Crippen LogP contribution in [-0.2, 0) is 23.1 Å². The SMILES string of the molecule is CCn1cc(NS(=O)(=O)c2ccc(F)c(CN)c2F)cn1. The molecule has 1 aromatic carbocycles. The van der Waals surface area contributed by atoms with Gasteiger partial charge in [0, 0.05) is 24.8 Å². The van der Waals surface area contributed by atoms with Gasteiger partial charge >= 0.3 is 0 Å². The van der Waals surface area contributed by atoms with E-state index in [2.05, 4.69) is 9.82 Å². The van der Waals surface area contributed by atoms with Crippen LogP contribution in [0.5, 0.6) is 0 Å². The monoisotopic (exact) mass is 316 g/mol. The molecular formula is C12H14F2N4O2S. The molecule has 3 N–H and O–H groups in total. The number of rotatable bonds is 5. The maximum atomic E-state index is 14.0. The van der Waals surface area contributed by atoms with Gasteiger partial charge in [-0.2, -0.15) is 5.10 Å². The molecule has 2 aromatic rings. The summed E-state index contributed by atoms with van der Waals surface area (Å²) in [5, 5.41) is 3.90. The number of benzene rings is 1. The van der Waals surface area contributed by atoms with Crippen molar-refractivity contribution in [2.45, 2.75) is 24.9 Å². The van der Waals surface area contributed by atoms with Crippen LogP contribution in [0.25, 0.3) is 0 Å². The lowest BCUT2D eigenvalue weighted by Crippen LogP contribution is -2.16. The van der Waals surface area contributed by atoms with Crippen LogP contribution in [0.2, 0.25) is 0 Å². The Morgan fingerprint density at radius 1 is 1.38 bits per heavy atom. The summed E-state index contributed by atoms with van der Waals surface area (Å²) in [5.41, 5.74) is 4.95. The lowest BCUT2D eigenvalue weighted by Gasteiger charge is -2.10. The number of aromatic nitrogens is 2. The second-order valence-corrected chi connectivity index (χ2v) is 5.88. The molecule has 1 aromatic heterocycles. The molecule has 0 atom stereocenters. The number of nitrogens with two attached hydrogens (primary N) is 1. The lowest BCUT2D eigenvalue weighted by molar-refractivity contribution is 0.530. The van der Waals surface area contributed by atoms with Gasteiger partial charge in [0.05, 0.1) is 11.9 Å². The third kappa shape index (κ3) is 3.03. The van der Waals surface area contributed by atoms with Crippen molar-refractivity contribution in [1.82, 2.24) is 9.78 Å². The Bertz CT molecular complexity index is 759. The van der Waals surface area contributed by atoms with Gasteiger partial charge in [-0.05, 0) is 19.1 Å². The fourth-order valence-electron chi connectivity index (χ4n) is 1.77. The molecule has 0 bridgehead atoms. The minimum absolute atomic E-state index is 0.190. The number of nitrogens with one attached hydrogen (secondary N) is 1. The van der Waals surface area contributed by atoms with Gasteiger partial charge in [-0.1, -0.05) is 0 Å². The van der Waals surface area contributed by atoms with Gasteiger partial charge in [-0.3, -0.25) is 9.40 Å². The maximum Gasteiger partial charge on any atom is 0.264 e. The topological polar surface area (TPSA) is 90.0 Å². The highest BCUT2D eigenvalue weighted by atomic mass is 32.2. The van der Waals surface area contributed by atoms with E-state index in [0.717, 1.165) is 12.1 Å². The van der Waals surface area contributed by atoms with Gasteiger partial charge in [0.2, 0.25) is 0 Å². The third-order valence-corrected chi connectivity index (χ3v) is 4.25. The number of nitrogens with zero attached hydrogens (tertiary/aromatic N) is 2. The van der Waals surface area contributed by atoms with Crippen molar-refractivity contribution in [3.05, 3.63) is 41.7 Å². The van der Waals surface area contributed by atoms with Crippen LogP contribution in [0, 0.1) is 11.6 Å². The normalized spacial score (nSPS) is 11.6. The number of anilines is 1. The van der Waals surface area contributed by atoms with Crippen molar-refractivity contribution in [1.29, 1.82) is 0 Å². The molecule has 0 spiro atoms.